The van der Waals surface area contributed by atoms with Crippen LogP contribution in [0.3, 0.4) is 0 Å². The van der Waals surface area contributed by atoms with Gasteiger partial charge in [-0.25, -0.2) is 4.79 Å². The molecule has 1 aliphatic carbocycles. The minimum Gasteiger partial charge on any atom is -0.508 e. The first-order chi connectivity index (χ1) is 43.3. The number of phenols is 1. The SMILES string of the molecule is C[C@H](N)C(=O)CN[C@@H](CCCCNC(=O)COCCOCCNC(=O)COCCOCCNC(=O)CCC(NC(=O)C1CCC(CNC(=O)CCCCCCCCCCCCCCCCCCC(=O)O)CC1)C(=O)O)C(=O)C[C@@H](Cc1ccc(O)cc1)C(N)=O. The maximum atomic E-state index is 13.3. The predicted octanol–water partition coefficient (Wildman–Crippen LogP) is 4.83. The molecule has 0 aliphatic heterocycles. The number of hydrogen-bond donors (Lipinski definition) is 11. The number of ether oxygens (including phenoxy) is 4. The number of rotatable bonds is 58. The van der Waals surface area contributed by atoms with E-state index in [1.165, 1.54) is 76.3 Å². The number of hydrogen-bond acceptors (Lipinski definition) is 17. The fraction of sp³-hybridized carbons (Fsp3) is 0.754. The third-order valence-electron chi connectivity index (χ3n) is 15.9. The van der Waals surface area contributed by atoms with Gasteiger partial charge < -0.3 is 77.6 Å². The van der Waals surface area contributed by atoms with Crippen LogP contribution in [0.4, 0.5) is 0 Å². The van der Waals surface area contributed by atoms with Crippen LogP contribution in [-0.2, 0) is 73.3 Å². The van der Waals surface area contributed by atoms with Crippen LogP contribution in [0.25, 0.3) is 0 Å². The van der Waals surface area contributed by atoms with E-state index in [1.807, 2.05) is 0 Å². The highest BCUT2D eigenvalue weighted by Crippen LogP contribution is 2.29. The van der Waals surface area contributed by atoms with Crippen molar-refractivity contribution in [3.05, 3.63) is 29.8 Å². The number of carbonyl (C=O) groups excluding carboxylic acids is 8. The lowest BCUT2D eigenvalue weighted by Gasteiger charge is -2.28. The number of ketones is 2. The highest BCUT2D eigenvalue weighted by Gasteiger charge is 2.30. The van der Waals surface area contributed by atoms with Crippen molar-refractivity contribution in [3.63, 3.8) is 0 Å². The number of unbranched alkanes of at least 4 members (excludes halogenated alkanes) is 16. The average molecular weight is 1280 g/mol. The lowest BCUT2D eigenvalue weighted by molar-refractivity contribution is -0.143. The number of Topliss-reactive ketones (excluding diaryl/α,β-unsaturated/α-hetero) is 2. The van der Waals surface area contributed by atoms with Crippen molar-refractivity contribution in [1.82, 2.24) is 31.9 Å². The summed E-state index contributed by atoms with van der Waals surface area (Å²) in [5.41, 5.74) is 12.0. The second kappa shape index (κ2) is 51.5. The third kappa shape index (κ3) is 42.8. The molecular formula is C65H110N8O17. The molecule has 512 valence electrons. The number of phenolic OH excluding ortho intramolecular Hbond substituents is 1. The Morgan fingerprint density at radius 3 is 1.53 bits per heavy atom. The summed E-state index contributed by atoms with van der Waals surface area (Å²) in [6, 6.07) is 3.59. The second-order valence-corrected chi connectivity index (χ2v) is 23.7. The summed E-state index contributed by atoms with van der Waals surface area (Å²) >= 11 is 0. The van der Waals surface area contributed by atoms with Gasteiger partial charge in [0, 0.05) is 63.7 Å². The Balaban J connectivity index is 1.42. The molecule has 2 rings (SSSR count). The van der Waals surface area contributed by atoms with Crippen molar-refractivity contribution in [2.75, 3.05) is 85.6 Å². The molecule has 4 atom stereocenters. The second-order valence-electron chi connectivity index (χ2n) is 23.7. The van der Waals surface area contributed by atoms with Gasteiger partial charge in [0.25, 0.3) is 0 Å². The minimum atomic E-state index is -1.22. The van der Waals surface area contributed by atoms with Crippen LogP contribution < -0.4 is 43.4 Å². The number of nitrogens with two attached hydrogens (primary N) is 2. The lowest BCUT2D eigenvalue weighted by atomic mass is 9.81. The van der Waals surface area contributed by atoms with Gasteiger partial charge in [-0.05, 0) is 101 Å². The maximum Gasteiger partial charge on any atom is 0.326 e. The molecule has 13 N–H and O–H groups in total. The van der Waals surface area contributed by atoms with Gasteiger partial charge in [-0.2, -0.15) is 0 Å². The molecule has 25 nitrogen and oxygen atoms in total. The van der Waals surface area contributed by atoms with E-state index in [4.69, 9.17) is 35.5 Å². The van der Waals surface area contributed by atoms with Gasteiger partial charge in [0.1, 0.15) is 25.0 Å². The van der Waals surface area contributed by atoms with Crippen molar-refractivity contribution in [2.24, 2.45) is 29.2 Å². The smallest absolute Gasteiger partial charge is 0.326 e. The molecule has 25 heteroatoms. The third-order valence-corrected chi connectivity index (χ3v) is 15.9. The van der Waals surface area contributed by atoms with Crippen LogP contribution in [0, 0.1) is 17.8 Å². The van der Waals surface area contributed by atoms with Crippen molar-refractivity contribution < 1.29 is 82.2 Å². The normalized spacial score (nSPS) is 15.2. The largest absolute Gasteiger partial charge is 0.508 e. The molecule has 0 bridgehead atoms. The summed E-state index contributed by atoms with van der Waals surface area (Å²) in [6.07, 6.45) is 23.3. The van der Waals surface area contributed by atoms with Gasteiger partial charge in [-0.15, -0.1) is 0 Å². The Labute approximate surface area is 532 Å². The van der Waals surface area contributed by atoms with Crippen molar-refractivity contribution in [1.29, 1.82) is 0 Å². The molecule has 1 aromatic rings. The number of carbonyl (C=O) groups is 10. The fourth-order valence-electron chi connectivity index (χ4n) is 10.4. The molecule has 0 spiro atoms. The van der Waals surface area contributed by atoms with Crippen LogP contribution in [0.5, 0.6) is 5.75 Å². The van der Waals surface area contributed by atoms with E-state index in [2.05, 4.69) is 31.9 Å². The predicted molar refractivity (Wildman–Crippen MR) is 339 cm³/mol. The number of benzene rings is 1. The van der Waals surface area contributed by atoms with E-state index in [-0.39, 0.29) is 163 Å². The van der Waals surface area contributed by atoms with Gasteiger partial charge in [-0.1, -0.05) is 102 Å². The maximum absolute atomic E-state index is 13.3. The first kappa shape index (κ1) is 80.0. The topological polar surface area (TPSA) is 393 Å². The standard InChI is InChI=1S/C65H110N8O17/c1-48(66)57(76)45-71-54(56(75)43-52(63(67)83)42-49-25-29-53(74)30-26-49)20-18-19-33-68-60(79)46-89-40-39-88-37-35-70-61(80)47-90-41-38-87-36-34-69-59(78)32-31-55(65(85)86)73-64(84)51-27-23-50(24-28-51)44-72-58(77)21-16-14-12-10-8-6-4-2-3-5-7-9-11-13-15-17-22-62(81)82/h25-26,29-30,48,50-52,54-55,71,74H,2-24,27-28,31-47,66H2,1H3,(H2,67,83)(H,68,79)(H,69,78)(H,70,80)(H,72,77)(H,73,84)(H,81,82)(H,85,86)/t48-,50?,51?,52+,54-,55?/m0/s1. The van der Waals surface area contributed by atoms with Gasteiger partial charge in [0.15, 0.2) is 11.6 Å². The van der Waals surface area contributed by atoms with Crippen LogP contribution in [0.15, 0.2) is 24.3 Å². The number of amides is 6. The first-order valence-electron chi connectivity index (χ1n) is 33.1. The number of carboxylic acids is 2. The lowest BCUT2D eigenvalue weighted by Crippen LogP contribution is -2.45. The van der Waals surface area contributed by atoms with Gasteiger partial charge in [0.05, 0.1) is 58.3 Å². The molecule has 1 fully saturated rings. The summed E-state index contributed by atoms with van der Waals surface area (Å²) < 4.78 is 21.6. The zero-order valence-corrected chi connectivity index (χ0v) is 53.7. The zero-order chi connectivity index (χ0) is 66.0. The van der Waals surface area contributed by atoms with Crippen LogP contribution in [0.2, 0.25) is 0 Å². The molecule has 0 radical (unpaired) electrons. The Morgan fingerprint density at radius 1 is 0.533 bits per heavy atom. The summed E-state index contributed by atoms with van der Waals surface area (Å²) in [4.78, 5) is 123. The van der Waals surface area contributed by atoms with E-state index in [1.54, 1.807) is 19.1 Å². The molecule has 1 aromatic carbocycles. The number of primary amides is 1. The molecule has 0 saturated heterocycles. The van der Waals surface area contributed by atoms with Gasteiger partial charge >= 0.3 is 11.9 Å². The molecule has 0 heterocycles. The number of nitrogens with one attached hydrogen (secondary N) is 6. The van der Waals surface area contributed by atoms with E-state index in [0.29, 0.717) is 51.6 Å². The van der Waals surface area contributed by atoms with E-state index >= 15 is 0 Å². The van der Waals surface area contributed by atoms with E-state index < -0.39 is 41.9 Å². The Kier molecular flexibility index (Phi) is 45.8. The molecule has 1 saturated carbocycles. The number of carboxylic acid groups (broad SMARTS) is 2. The van der Waals surface area contributed by atoms with Crippen LogP contribution in [-0.4, -0.2) is 178 Å². The number of aromatic hydroxyl groups is 1. The molecule has 6 amide bonds. The first-order valence-corrected chi connectivity index (χ1v) is 33.1. The Hall–Kier alpha value is -6.12. The molecule has 0 aromatic heterocycles. The summed E-state index contributed by atoms with van der Waals surface area (Å²) in [5, 5.41) is 44.8. The number of aliphatic carboxylic acids is 2. The van der Waals surface area contributed by atoms with E-state index in [0.717, 1.165) is 56.9 Å². The van der Waals surface area contributed by atoms with Crippen LogP contribution in [0.1, 0.15) is 192 Å². The minimum absolute atomic E-state index is 0.0580. The average Bonchev–Trinajstić information content (AvgIpc) is 3.72. The monoisotopic (exact) mass is 1270 g/mol. The molecule has 1 unspecified atom stereocenters. The van der Waals surface area contributed by atoms with Crippen molar-refractivity contribution >= 4 is 58.9 Å². The molecule has 90 heavy (non-hydrogen) atoms. The molecular weight excluding hydrogens is 1160 g/mol. The van der Waals surface area contributed by atoms with Gasteiger partial charge in [0.2, 0.25) is 35.4 Å². The summed E-state index contributed by atoms with van der Waals surface area (Å²) in [5.74, 6) is -5.28. The zero-order valence-electron chi connectivity index (χ0n) is 53.7. The highest BCUT2D eigenvalue weighted by atomic mass is 16.5. The van der Waals surface area contributed by atoms with Crippen molar-refractivity contribution in [3.8, 4) is 5.75 Å². The Bertz CT molecular complexity index is 2210. The van der Waals surface area contributed by atoms with E-state index in [9.17, 15) is 58.2 Å². The fourth-order valence-corrected chi connectivity index (χ4v) is 10.4. The quantitative estimate of drug-likeness (QED) is 0.0389. The summed E-state index contributed by atoms with van der Waals surface area (Å²) in [6.45, 7) is 3.23. The summed E-state index contributed by atoms with van der Waals surface area (Å²) in [7, 11) is 0. The Morgan fingerprint density at radius 2 is 1.02 bits per heavy atom. The highest BCUT2D eigenvalue weighted by molar-refractivity contribution is 5.91. The van der Waals surface area contributed by atoms with Gasteiger partial charge in [-0.3, -0.25) is 43.2 Å². The van der Waals surface area contributed by atoms with Crippen molar-refractivity contribution in [2.45, 2.75) is 211 Å². The molecule has 1 aliphatic rings. The van der Waals surface area contributed by atoms with Crippen LogP contribution >= 0.6 is 0 Å².